The largest absolute Gasteiger partial charge is 0.756 e. The van der Waals surface area contributed by atoms with E-state index in [1.165, 1.54) is 16.3 Å². The average molecular weight is 484 g/mol. The standard InChI is InChI=1S/C22H21N4O5PS/c23-22-19(7-4-10-26(22)15-30-32(27,28)29)20-12-18(25-31-20)11-17-8-9-21(24-13-17)33-14-16-5-2-1-3-6-16/h1-10,12-13,23H,11,14-15H2,(H2,27,28,29). The molecule has 11 heteroatoms. The highest BCUT2D eigenvalue weighted by atomic mass is 32.2. The Bertz CT molecular complexity index is 1260. The lowest BCUT2D eigenvalue weighted by molar-refractivity contribution is -0.712. The van der Waals surface area contributed by atoms with E-state index in [9.17, 15) is 9.46 Å². The van der Waals surface area contributed by atoms with Crippen LogP contribution in [0.25, 0.3) is 11.3 Å². The zero-order valence-corrected chi connectivity index (χ0v) is 19.1. The Balaban J connectivity index is 1.40. The maximum atomic E-state index is 10.8. The number of nitrogens with zero attached hydrogens (tertiary/aromatic N) is 3. The van der Waals surface area contributed by atoms with Gasteiger partial charge >= 0.3 is 0 Å². The summed E-state index contributed by atoms with van der Waals surface area (Å²) in [7, 11) is -4.87. The summed E-state index contributed by atoms with van der Waals surface area (Å²) in [4.78, 5) is 24.1. The third-order valence-corrected chi connectivity index (χ3v) is 6.17. The minimum Gasteiger partial charge on any atom is -0.756 e. The number of thioether (sulfide) groups is 1. The molecule has 0 amide bonds. The predicted octanol–water partition coefficient (Wildman–Crippen LogP) is 2.92. The van der Waals surface area contributed by atoms with E-state index in [4.69, 9.17) is 15.2 Å². The third-order valence-electron chi connectivity index (χ3n) is 4.71. The van der Waals surface area contributed by atoms with E-state index >= 15 is 0 Å². The lowest BCUT2D eigenvalue weighted by Gasteiger charge is -2.14. The van der Waals surface area contributed by atoms with Crippen LogP contribution in [0, 0.1) is 0 Å². The van der Waals surface area contributed by atoms with Gasteiger partial charge in [0.15, 0.2) is 12.5 Å². The maximum Gasteiger partial charge on any atom is 0.285 e. The van der Waals surface area contributed by atoms with Crippen molar-refractivity contribution in [3.63, 3.8) is 0 Å². The van der Waals surface area contributed by atoms with Crippen molar-refractivity contribution in [1.29, 1.82) is 0 Å². The first-order valence-corrected chi connectivity index (χ1v) is 12.4. The van der Waals surface area contributed by atoms with Gasteiger partial charge in [-0.3, -0.25) is 14.8 Å². The average Bonchev–Trinajstić information content (AvgIpc) is 3.26. The summed E-state index contributed by atoms with van der Waals surface area (Å²) in [5.41, 5.74) is 9.55. The molecule has 0 bridgehead atoms. The van der Waals surface area contributed by atoms with Crippen LogP contribution in [-0.2, 0) is 28.0 Å². The fourth-order valence-electron chi connectivity index (χ4n) is 3.08. The van der Waals surface area contributed by atoms with Crippen molar-refractivity contribution < 1.29 is 28.0 Å². The highest BCUT2D eigenvalue weighted by molar-refractivity contribution is 7.98. The number of nitrogen functional groups attached to an aromatic ring is 1. The first kappa shape index (κ1) is 23.2. The molecule has 170 valence electrons. The Morgan fingerprint density at radius 2 is 1.97 bits per heavy atom. The van der Waals surface area contributed by atoms with Gasteiger partial charge in [0, 0.05) is 24.4 Å². The second-order valence-electron chi connectivity index (χ2n) is 7.14. The zero-order chi connectivity index (χ0) is 23.3. The molecule has 0 saturated heterocycles. The third kappa shape index (κ3) is 6.50. The number of phosphoric ester groups is 1. The molecule has 0 radical (unpaired) electrons. The number of nitrogens with two attached hydrogens (primary N) is 1. The van der Waals surface area contributed by atoms with E-state index in [1.54, 1.807) is 30.0 Å². The van der Waals surface area contributed by atoms with Crippen LogP contribution in [0.2, 0.25) is 0 Å². The number of benzene rings is 1. The van der Waals surface area contributed by atoms with Gasteiger partial charge in [0.2, 0.25) is 0 Å². The van der Waals surface area contributed by atoms with Gasteiger partial charge in [-0.15, -0.1) is 11.8 Å². The van der Waals surface area contributed by atoms with Gasteiger partial charge < -0.3 is 14.3 Å². The summed E-state index contributed by atoms with van der Waals surface area (Å²) in [5, 5.41) is 5.05. The lowest BCUT2D eigenvalue weighted by atomic mass is 10.1. The normalized spacial score (nSPS) is 13.0. The molecular weight excluding hydrogens is 463 g/mol. The van der Waals surface area contributed by atoms with Crippen molar-refractivity contribution in [2.24, 2.45) is 0 Å². The molecule has 1 aromatic carbocycles. The molecule has 1 atom stereocenters. The van der Waals surface area contributed by atoms with E-state index in [-0.39, 0.29) is 5.82 Å². The SMILES string of the molecule is Nc1c(-c2cc(Cc3ccc(SCc4ccccc4)nc3)no2)ccc[n+]1COP(=O)([O-])O. The van der Waals surface area contributed by atoms with Gasteiger partial charge in [0.1, 0.15) is 5.56 Å². The molecule has 0 spiro atoms. The maximum absolute atomic E-state index is 10.8. The quantitative estimate of drug-likeness (QED) is 0.209. The molecule has 0 fully saturated rings. The smallest absolute Gasteiger partial charge is 0.285 e. The van der Waals surface area contributed by atoms with E-state index in [1.807, 2.05) is 36.5 Å². The monoisotopic (exact) mass is 484 g/mol. The molecule has 4 aromatic rings. The van der Waals surface area contributed by atoms with E-state index in [0.717, 1.165) is 16.3 Å². The summed E-state index contributed by atoms with van der Waals surface area (Å²) in [6.07, 6.45) is 3.87. The van der Waals surface area contributed by atoms with Crippen molar-refractivity contribution in [3.05, 3.63) is 89.9 Å². The number of hydrogen-bond donors (Lipinski definition) is 2. The molecule has 4 rings (SSSR count). The second-order valence-corrected chi connectivity index (χ2v) is 9.33. The first-order valence-electron chi connectivity index (χ1n) is 9.91. The fourth-order valence-corrected chi connectivity index (χ4v) is 4.15. The van der Waals surface area contributed by atoms with Crippen molar-refractivity contribution in [3.8, 4) is 11.3 Å². The van der Waals surface area contributed by atoms with Crippen LogP contribution in [0.15, 0.2) is 82.6 Å². The summed E-state index contributed by atoms with van der Waals surface area (Å²) in [6, 6.07) is 19.3. The molecule has 3 N–H and O–H groups in total. The Hall–Kier alpha value is -3.01. The highest BCUT2D eigenvalue weighted by Gasteiger charge is 2.18. The number of hydrogen-bond acceptors (Lipinski definition) is 8. The summed E-state index contributed by atoms with van der Waals surface area (Å²) in [6.45, 7) is -0.460. The van der Waals surface area contributed by atoms with Crippen molar-refractivity contribution in [1.82, 2.24) is 10.1 Å². The molecule has 0 aliphatic carbocycles. The molecule has 0 saturated carbocycles. The van der Waals surface area contributed by atoms with Crippen LogP contribution in [0.1, 0.15) is 16.8 Å². The molecule has 3 heterocycles. The van der Waals surface area contributed by atoms with Gasteiger partial charge in [0.25, 0.3) is 13.6 Å². The number of anilines is 1. The van der Waals surface area contributed by atoms with Crippen molar-refractivity contribution >= 4 is 25.4 Å². The lowest BCUT2D eigenvalue weighted by Crippen LogP contribution is -2.38. The summed E-state index contributed by atoms with van der Waals surface area (Å²) < 4.78 is 22.0. The molecule has 9 nitrogen and oxygen atoms in total. The van der Waals surface area contributed by atoms with Crippen molar-refractivity contribution in [2.45, 2.75) is 23.9 Å². The number of pyridine rings is 2. The Labute approximate surface area is 194 Å². The topological polar surface area (TPSA) is 138 Å². The second kappa shape index (κ2) is 10.3. The number of phosphoric acid groups is 1. The van der Waals surface area contributed by atoms with Crippen LogP contribution in [0.5, 0.6) is 0 Å². The molecule has 0 aliphatic rings. The van der Waals surface area contributed by atoms with Gasteiger partial charge in [-0.25, -0.2) is 9.55 Å². The Kier molecular flexibility index (Phi) is 7.22. The van der Waals surface area contributed by atoms with Gasteiger partial charge in [-0.1, -0.05) is 41.6 Å². The van der Waals surface area contributed by atoms with Gasteiger partial charge in [0.05, 0.1) is 16.9 Å². The van der Waals surface area contributed by atoms with Crippen LogP contribution >= 0.6 is 19.6 Å². The fraction of sp³-hybridized carbons (Fsp3) is 0.136. The van der Waals surface area contributed by atoms with Gasteiger partial charge in [-0.2, -0.15) is 0 Å². The first-order chi connectivity index (χ1) is 15.9. The van der Waals surface area contributed by atoms with E-state index in [2.05, 4.69) is 26.8 Å². The van der Waals surface area contributed by atoms with Crippen molar-refractivity contribution in [2.75, 3.05) is 5.73 Å². The number of rotatable bonds is 9. The molecule has 1 unspecified atom stereocenters. The zero-order valence-electron chi connectivity index (χ0n) is 17.4. The van der Waals surface area contributed by atoms with E-state index in [0.29, 0.717) is 23.4 Å². The Morgan fingerprint density at radius 1 is 1.15 bits per heavy atom. The van der Waals surface area contributed by atoms with Gasteiger partial charge in [-0.05, 0) is 29.3 Å². The molecule has 0 aliphatic heterocycles. The summed E-state index contributed by atoms with van der Waals surface area (Å²) in [5.74, 6) is 1.48. The van der Waals surface area contributed by atoms with Crippen LogP contribution in [-0.4, -0.2) is 15.0 Å². The molecule has 3 aromatic heterocycles. The minimum absolute atomic E-state index is 0.204. The molecule has 33 heavy (non-hydrogen) atoms. The minimum atomic E-state index is -4.87. The summed E-state index contributed by atoms with van der Waals surface area (Å²) >= 11 is 1.67. The van der Waals surface area contributed by atoms with Crippen LogP contribution < -0.4 is 15.2 Å². The Morgan fingerprint density at radius 3 is 2.70 bits per heavy atom. The van der Waals surface area contributed by atoms with Crippen LogP contribution in [0.3, 0.4) is 0 Å². The molecular formula is C22H21N4O5PS. The predicted molar refractivity (Wildman–Crippen MR) is 121 cm³/mol. The number of aromatic nitrogens is 3. The van der Waals surface area contributed by atoms with E-state index < -0.39 is 14.6 Å². The highest BCUT2D eigenvalue weighted by Crippen LogP contribution is 2.30. The van der Waals surface area contributed by atoms with Crippen LogP contribution in [0.4, 0.5) is 5.82 Å².